The lowest BCUT2D eigenvalue weighted by Gasteiger charge is -2.15. The van der Waals surface area contributed by atoms with Gasteiger partial charge in [-0.2, -0.15) is 0 Å². The molecule has 5 nitrogen and oxygen atoms in total. The third kappa shape index (κ3) is 7.19. The van der Waals surface area contributed by atoms with E-state index in [-0.39, 0.29) is 12.4 Å². The Morgan fingerprint density at radius 2 is 1.89 bits per heavy atom. The van der Waals surface area contributed by atoms with E-state index < -0.39 is 11.8 Å². The van der Waals surface area contributed by atoms with Gasteiger partial charge >= 0.3 is 0 Å². The van der Waals surface area contributed by atoms with E-state index in [1.807, 2.05) is 31.2 Å². The number of carbonyl (C=O) groups excluding carboxylic acids is 1. The molecule has 1 unspecified atom stereocenters. The Kier molecular flexibility index (Phi) is 8.75. The minimum atomic E-state index is -0.468. The van der Waals surface area contributed by atoms with E-state index in [9.17, 15) is 9.18 Å². The van der Waals surface area contributed by atoms with Crippen molar-refractivity contribution in [3.63, 3.8) is 0 Å². The lowest BCUT2D eigenvalue weighted by atomic mass is 9.99. The summed E-state index contributed by atoms with van der Waals surface area (Å²) in [6.07, 6.45) is 1.16. The Balaban J connectivity index is 1.95. The van der Waals surface area contributed by atoms with Crippen LogP contribution in [-0.2, 0) is 17.6 Å². The maximum atomic E-state index is 13.0. The van der Waals surface area contributed by atoms with Crippen molar-refractivity contribution in [3.8, 4) is 0 Å². The predicted octanol–water partition coefficient (Wildman–Crippen LogP) is 2.92. The molecular formula is C21H26ClFN4O. The summed E-state index contributed by atoms with van der Waals surface area (Å²) in [7, 11) is 0. The van der Waals surface area contributed by atoms with Crippen LogP contribution in [-0.4, -0.2) is 31.5 Å². The third-order valence-corrected chi connectivity index (χ3v) is 4.63. The van der Waals surface area contributed by atoms with Gasteiger partial charge in [0.2, 0.25) is 5.91 Å². The van der Waals surface area contributed by atoms with E-state index >= 15 is 0 Å². The zero-order valence-electron chi connectivity index (χ0n) is 15.9. The minimum absolute atomic E-state index is 0.244. The molecule has 0 spiro atoms. The number of nitrogens with two attached hydrogens (primary N) is 1. The fraction of sp³-hybridized carbons (Fsp3) is 0.333. The number of primary amides is 1. The van der Waals surface area contributed by atoms with Gasteiger partial charge in [0.1, 0.15) is 5.82 Å². The van der Waals surface area contributed by atoms with Crippen molar-refractivity contribution in [2.75, 3.05) is 19.6 Å². The fourth-order valence-corrected chi connectivity index (χ4v) is 2.95. The number of hydrogen-bond donors (Lipinski definition) is 3. The average molecular weight is 405 g/mol. The van der Waals surface area contributed by atoms with Crippen molar-refractivity contribution in [1.29, 1.82) is 0 Å². The third-order valence-electron chi connectivity index (χ3n) is 4.26. The van der Waals surface area contributed by atoms with Gasteiger partial charge in [0.25, 0.3) is 0 Å². The van der Waals surface area contributed by atoms with Gasteiger partial charge in [-0.05, 0) is 49.1 Å². The molecule has 7 heteroatoms. The monoisotopic (exact) mass is 404 g/mol. The molecule has 0 fully saturated rings. The van der Waals surface area contributed by atoms with Crippen LogP contribution in [0, 0.1) is 11.7 Å². The number of benzene rings is 2. The maximum absolute atomic E-state index is 13.0. The van der Waals surface area contributed by atoms with E-state index in [4.69, 9.17) is 17.3 Å². The Morgan fingerprint density at radius 3 is 2.54 bits per heavy atom. The summed E-state index contributed by atoms with van der Waals surface area (Å²) >= 11 is 6.18. The van der Waals surface area contributed by atoms with Gasteiger partial charge in [-0.15, -0.1) is 0 Å². The molecule has 1 atom stereocenters. The fourth-order valence-electron chi connectivity index (χ4n) is 2.72. The lowest BCUT2D eigenvalue weighted by Crippen LogP contribution is -2.39. The van der Waals surface area contributed by atoms with Gasteiger partial charge in [-0.25, -0.2) is 4.39 Å². The van der Waals surface area contributed by atoms with Gasteiger partial charge in [0.15, 0.2) is 5.96 Å². The van der Waals surface area contributed by atoms with Crippen LogP contribution in [0.25, 0.3) is 0 Å². The van der Waals surface area contributed by atoms with Crippen LogP contribution < -0.4 is 16.4 Å². The molecule has 0 aliphatic carbocycles. The molecule has 0 bridgehead atoms. The largest absolute Gasteiger partial charge is 0.369 e. The number of amides is 1. The zero-order chi connectivity index (χ0) is 20.4. The molecule has 0 aliphatic rings. The quantitative estimate of drug-likeness (QED) is 0.444. The highest BCUT2D eigenvalue weighted by Gasteiger charge is 2.16. The number of rotatable bonds is 9. The summed E-state index contributed by atoms with van der Waals surface area (Å²) < 4.78 is 13.0. The van der Waals surface area contributed by atoms with Crippen LogP contribution in [0.3, 0.4) is 0 Å². The van der Waals surface area contributed by atoms with E-state index in [0.717, 1.165) is 22.6 Å². The van der Waals surface area contributed by atoms with E-state index in [2.05, 4.69) is 15.6 Å². The van der Waals surface area contributed by atoms with E-state index in [0.29, 0.717) is 25.5 Å². The molecule has 0 aliphatic heterocycles. The van der Waals surface area contributed by atoms with Crippen LogP contribution >= 0.6 is 11.6 Å². The van der Waals surface area contributed by atoms with Gasteiger partial charge in [-0.1, -0.05) is 41.9 Å². The van der Waals surface area contributed by atoms with Crippen molar-refractivity contribution in [1.82, 2.24) is 10.6 Å². The highest BCUT2D eigenvalue weighted by molar-refractivity contribution is 6.31. The standard InChI is InChI=1S/C21H26ClFN4O/c1-2-25-21(26-12-11-16-5-3-4-6-19(16)22)27-14-17(20(24)28)13-15-7-9-18(23)10-8-15/h3-10,17H,2,11-14H2,1H3,(H2,24,28)(H2,25,26,27). The Hall–Kier alpha value is -2.60. The minimum Gasteiger partial charge on any atom is -0.369 e. The van der Waals surface area contributed by atoms with E-state index in [1.54, 1.807) is 12.1 Å². The number of nitrogens with one attached hydrogen (secondary N) is 2. The summed E-state index contributed by atoms with van der Waals surface area (Å²) in [6, 6.07) is 13.8. The number of aliphatic imine (C=N–C) groups is 1. The van der Waals surface area contributed by atoms with Crippen molar-refractivity contribution in [3.05, 3.63) is 70.5 Å². The first-order valence-electron chi connectivity index (χ1n) is 9.29. The predicted molar refractivity (Wildman–Crippen MR) is 112 cm³/mol. The first kappa shape index (κ1) is 21.7. The molecule has 0 saturated heterocycles. The summed E-state index contributed by atoms with van der Waals surface area (Å²) in [6.45, 7) is 3.55. The molecule has 28 heavy (non-hydrogen) atoms. The average Bonchev–Trinajstić information content (AvgIpc) is 2.67. The highest BCUT2D eigenvalue weighted by atomic mass is 35.5. The normalized spacial score (nSPS) is 12.5. The number of carbonyl (C=O) groups is 1. The van der Waals surface area contributed by atoms with Gasteiger partial charge in [0.05, 0.1) is 12.5 Å². The topological polar surface area (TPSA) is 79.5 Å². The Bertz CT molecular complexity index is 795. The van der Waals surface area contributed by atoms with Crippen LogP contribution in [0.2, 0.25) is 5.02 Å². The Morgan fingerprint density at radius 1 is 1.18 bits per heavy atom. The first-order chi connectivity index (χ1) is 13.5. The summed E-state index contributed by atoms with van der Waals surface area (Å²) in [5.74, 6) is -0.598. The smallest absolute Gasteiger partial charge is 0.222 e. The van der Waals surface area contributed by atoms with Crippen LogP contribution in [0.5, 0.6) is 0 Å². The Labute approximate surface area is 170 Å². The van der Waals surface area contributed by atoms with Gasteiger partial charge in [0, 0.05) is 18.1 Å². The second-order valence-electron chi connectivity index (χ2n) is 6.42. The summed E-state index contributed by atoms with van der Waals surface area (Å²) in [5.41, 5.74) is 7.43. The molecule has 1 amide bonds. The number of guanidine groups is 1. The van der Waals surface area contributed by atoms with Crippen molar-refractivity contribution in [2.24, 2.45) is 16.6 Å². The van der Waals surface area contributed by atoms with Crippen LogP contribution in [0.4, 0.5) is 4.39 Å². The number of hydrogen-bond acceptors (Lipinski definition) is 2. The molecular weight excluding hydrogens is 379 g/mol. The zero-order valence-corrected chi connectivity index (χ0v) is 16.7. The summed E-state index contributed by atoms with van der Waals surface area (Å²) in [4.78, 5) is 16.3. The molecule has 2 aromatic carbocycles. The molecule has 0 saturated carbocycles. The molecule has 0 radical (unpaired) electrons. The van der Waals surface area contributed by atoms with E-state index in [1.165, 1.54) is 12.1 Å². The number of nitrogens with zero attached hydrogens (tertiary/aromatic N) is 1. The summed E-state index contributed by atoms with van der Waals surface area (Å²) in [5, 5.41) is 7.13. The molecule has 150 valence electrons. The van der Waals surface area contributed by atoms with Gasteiger partial charge < -0.3 is 16.4 Å². The SMILES string of the molecule is CCNC(=NCC(Cc1ccc(F)cc1)C(N)=O)NCCc1ccccc1Cl. The van der Waals surface area contributed by atoms with Crippen molar-refractivity contribution in [2.45, 2.75) is 19.8 Å². The van der Waals surface area contributed by atoms with Gasteiger partial charge in [-0.3, -0.25) is 9.79 Å². The second kappa shape index (κ2) is 11.3. The first-order valence-corrected chi connectivity index (χ1v) is 9.66. The molecule has 4 N–H and O–H groups in total. The molecule has 2 aromatic rings. The second-order valence-corrected chi connectivity index (χ2v) is 6.82. The van der Waals surface area contributed by atoms with Crippen LogP contribution in [0.1, 0.15) is 18.1 Å². The maximum Gasteiger partial charge on any atom is 0.222 e. The van der Waals surface area contributed by atoms with Crippen molar-refractivity contribution >= 4 is 23.5 Å². The number of halogens is 2. The lowest BCUT2D eigenvalue weighted by molar-refractivity contribution is -0.121. The highest BCUT2D eigenvalue weighted by Crippen LogP contribution is 2.15. The van der Waals surface area contributed by atoms with Crippen LogP contribution in [0.15, 0.2) is 53.5 Å². The van der Waals surface area contributed by atoms with Crippen molar-refractivity contribution < 1.29 is 9.18 Å². The molecule has 0 heterocycles. The molecule has 0 aromatic heterocycles. The molecule has 2 rings (SSSR count).